The van der Waals surface area contributed by atoms with Gasteiger partial charge in [-0.15, -0.1) is 0 Å². The Kier molecular flexibility index (Phi) is 3.55. The van der Waals surface area contributed by atoms with Gasteiger partial charge in [0.05, 0.1) is 10.0 Å². The molecule has 0 aromatic heterocycles. The summed E-state index contributed by atoms with van der Waals surface area (Å²) in [6.45, 7) is 3.36. The summed E-state index contributed by atoms with van der Waals surface area (Å²) in [6, 6.07) is 6.34. The fourth-order valence-electron chi connectivity index (χ4n) is 2.01. The SMILES string of the molecule is C[C@H]1CC[C@H](c2ccc(Cl)c(Cl)c2)NC1. The van der Waals surface area contributed by atoms with Crippen molar-refractivity contribution in [1.29, 1.82) is 0 Å². The summed E-state index contributed by atoms with van der Waals surface area (Å²) in [7, 11) is 0. The first-order chi connectivity index (χ1) is 7.16. The summed E-state index contributed by atoms with van der Waals surface area (Å²) in [6.07, 6.45) is 2.46. The molecule has 0 amide bonds. The third kappa shape index (κ3) is 2.66. The van der Waals surface area contributed by atoms with Crippen LogP contribution < -0.4 is 5.32 Å². The number of hydrogen-bond acceptors (Lipinski definition) is 1. The van der Waals surface area contributed by atoms with E-state index in [9.17, 15) is 0 Å². The van der Waals surface area contributed by atoms with Gasteiger partial charge in [-0.2, -0.15) is 0 Å². The van der Waals surface area contributed by atoms with Gasteiger partial charge in [0.1, 0.15) is 0 Å². The van der Waals surface area contributed by atoms with Gasteiger partial charge in [-0.25, -0.2) is 0 Å². The van der Waals surface area contributed by atoms with Crippen LogP contribution >= 0.6 is 23.2 Å². The van der Waals surface area contributed by atoms with Crippen molar-refractivity contribution in [1.82, 2.24) is 5.32 Å². The van der Waals surface area contributed by atoms with Crippen LogP contribution in [0.25, 0.3) is 0 Å². The maximum Gasteiger partial charge on any atom is 0.0595 e. The largest absolute Gasteiger partial charge is 0.310 e. The Bertz CT molecular complexity index is 343. The van der Waals surface area contributed by atoms with E-state index in [0.717, 1.165) is 12.5 Å². The Morgan fingerprint density at radius 2 is 2.00 bits per heavy atom. The van der Waals surface area contributed by atoms with Crippen molar-refractivity contribution >= 4 is 23.2 Å². The Labute approximate surface area is 101 Å². The van der Waals surface area contributed by atoms with E-state index in [-0.39, 0.29) is 0 Å². The fraction of sp³-hybridized carbons (Fsp3) is 0.500. The Hall–Kier alpha value is -0.240. The van der Waals surface area contributed by atoms with E-state index < -0.39 is 0 Å². The molecule has 0 spiro atoms. The first-order valence-electron chi connectivity index (χ1n) is 5.35. The van der Waals surface area contributed by atoms with Crippen LogP contribution in [0.1, 0.15) is 31.4 Å². The Morgan fingerprint density at radius 1 is 1.20 bits per heavy atom. The van der Waals surface area contributed by atoms with Crippen LogP contribution in [-0.2, 0) is 0 Å². The lowest BCUT2D eigenvalue weighted by molar-refractivity contribution is 0.333. The van der Waals surface area contributed by atoms with Gasteiger partial charge in [0.25, 0.3) is 0 Å². The average molecular weight is 244 g/mol. The minimum absolute atomic E-state index is 0.441. The molecule has 1 aromatic rings. The van der Waals surface area contributed by atoms with E-state index in [0.29, 0.717) is 16.1 Å². The normalized spacial score (nSPS) is 26.6. The highest BCUT2D eigenvalue weighted by atomic mass is 35.5. The third-order valence-electron chi connectivity index (χ3n) is 3.01. The van der Waals surface area contributed by atoms with Crippen LogP contribution in [0.3, 0.4) is 0 Å². The molecule has 0 radical (unpaired) electrons. The van der Waals surface area contributed by atoms with E-state index >= 15 is 0 Å². The standard InChI is InChI=1S/C12H15Cl2N/c1-8-2-5-12(15-7-8)9-3-4-10(13)11(14)6-9/h3-4,6,8,12,15H,2,5,7H2,1H3/t8-,12+/m0/s1. The first-order valence-corrected chi connectivity index (χ1v) is 6.10. The maximum absolute atomic E-state index is 6.00. The second-order valence-corrected chi connectivity index (χ2v) is 5.13. The summed E-state index contributed by atoms with van der Waals surface area (Å²) in [4.78, 5) is 0. The zero-order chi connectivity index (χ0) is 10.8. The number of nitrogens with one attached hydrogen (secondary N) is 1. The number of rotatable bonds is 1. The molecule has 1 aromatic carbocycles. The predicted octanol–water partition coefficient (Wildman–Crippen LogP) is 4.05. The van der Waals surface area contributed by atoms with Crippen LogP contribution in [0, 0.1) is 5.92 Å². The van der Waals surface area contributed by atoms with Crippen molar-refractivity contribution in [2.45, 2.75) is 25.8 Å². The number of hydrogen-bond donors (Lipinski definition) is 1. The molecule has 1 N–H and O–H groups in total. The van der Waals surface area contributed by atoms with Crippen LogP contribution in [0.2, 0.25) is 10.0 Å². The highest BCUT2D eigenvalue weighted by molar-refractivity contribution is 6.42. The lowest BCUT2D eigenvalue weighted by Crippen LogP contribution is -2.31. The Morgan fingerprint density at radius 3 is 2.60 bits per heavy atom. The second-order valence-electron chi connectivity index (χ2n) is 4.32. The summed E-state index contributed by atoms with van der Waals surface area (Å²) in [5.41, 5.74) is 1.25. The molecule has 1 aliphatic rings. The van der Waals surface area contributed by atoms with Crippen molar-refractivity contribution in [2.24, 2.45) is 5.92 Å². The summed E-state index contributed by atoms with van der Waals surface area (Å²) < 4.78 is 0. The van der Waals surface area contributed by atoms with Crippen LogP contribution in [-0.4, -0.2) is 6.54 Å². The zero-order valence-electron chi connectivity index (χ0n) is 8.76. The smallest absolute Gasteiger partial charge is 0.0595 e. The van der Waals surface area contributed by atoms with Gasteiger partial charge < -0.3 is 5.32 Å². The molecule has 0 unspecified atom stereocenters. The molecule has 3 heteroatoms. The van der Waals surface area contributed by atoms with Gasteiger partial charge in [-0.05, 0) is 43.0 Å². The van der Waals surface area contributed by atoms with Crippen molar-refractivity contribution < 1.29 is 0 Å². The number of benzene rings is 1. The van der Waals surface area contributed by atoms with Gasteiger partial charge in [0, 0.05) is 6.04 Å². The van der Waals surface area contributed by atoms with Crippen molar-refractivity contribution in [3.05, 3.63) is 33.8 Å². The molecule has 1 saturated heterocycles. The maximum atomic E-state index is 6.00. The number of halogens is 2. The van der Waals surface area contributed by atoms with E-state index in [1.54, 1.807) is 0 Å². The molecule has 2 atom stereocenters. The summed E-state index contributed by atoms with van der Waals surface area (Å²) >= 11 is 11.9. The highest BCUT2D eigenvalue weighted by Crippen LogP contribution is 2.30. The molecule has 15 heavy (non-hydrogen) atoms. The van der Waals surface area contributed by atoms with E-state index in [1.165, 1.54) is 18.4 Å². The second kappa shape index (κ2) is 4.73. The van der Waals surface area contributed by atoms with Gasteiger partial charge >= 0.3 is 0 Å². The van der Waals surface area contributed by atoms with E-state index in [4.69, 9.17) is 23.2 Å². The molecule has 0 bridgehead atoms. The third-order valence-corrected chi connectivity index (χ3v) is 3.75. The zero-order valence-corrected chi connectivity index (χ0v) is 10.3. The molecule has 1 fully saturated rings. The number of piperidine rings is 1. The van der Waals surface area contributed by atoms with Gasteiger partial charge in [0.15, 0.2) is 0 Å². The molecule has 82 valence electrons. The summed E-state index contributed by atoms with van der Waals surface area (Å²) in [5, 5.41) is 4.81. The lowest BCUT2D eigenvalue weighted by Gasteiger charge is -2.28. The molecule has 0 aliphatic carbocycles. The molecule has 0 saturated carbocycles. The molecule has 1 nitrogen and oxygen atoms in total. The van der Waals surface area contributed by atoms with Crippen molar-refractivity contribution in [3.63, 3.8) is 0 Å². The minimum atomic E-state index is 0.441. The average Bonchev–Trinajstić information content (AvgIpc) is 2.23. The van der Waals surface area contributed by atoms with Crippen LogP contribution in [0.15, 0.2) is 18.2 Å². The molecule has 1 aliphatic heterocycles. The predicted molar refractivity (Wildman–Crippen MR) is 65.6 cm³/mol. The van der Waals surface area contributed by atoms with Gasteiger partial charge in [-0.1, -0.05) is 36.2 Å². The van der Waals surface area contributed by atoms with Gasteiger partial charge in [0.2, 0.25) is 0 Å². The molecule has 1 heterocycles. The van der Waals surface area contributed by atoms with Crippen molar-refractivity contribution in [2.75, 3.05) is 6.54 Å². The quantitative estimate of drug-likeness (QED) is 0.785. The first kappa shape index (κ1) is 11.3. The van der Waals surface area contributed by atoms with Crippen LogP contribution in [0.4, 0.5) is 0 Å². The minimum Gasteiger partial charge on any atom is -0.310 e. The molecular weight excluding hydrogens is 229 g/mol. The molecule has 2 rings (SSSR count). The topological polar surface area (TPSA) is 12.0 Å². The van der Waals surface area contributed by atoms with Crippen LogP contribution in [0.5, 0.6) is 0 Å². The van der Waals surface area contributed by atoms with E-state index in [1.807, 2.05) is 12.1 Å². The Balaban J connectivity index is 2.12. The monoisotopic (exact) mass is 243 g/mol. The lowest BCUT2D eigenvalue weighted by atomic mass is 9.92. The van der Waals surface area contributed by atoms with Crippen molar-refractivity contribution in [3.8, 4) is 0 Å². The van der Waals surface area contributed by atoms with Gasteiger partial charge in [-0.3, -0.25) is 0 Å². The summed E-state index contributed by atoms with van der Waals surface area (Å²) in [5.74, 6) is 0.782. The molecular formula is C12H15Cl2N. The van der Waals surface area contributed by atoms with E-state index in [2.05, 4.69) is 18.3 Å². The fourth-order valence-corrected chi connectivity index (χ4v) is 2.32. The highest BCUT2D eigenvalue weighted by Gasteiger charge is 2.19.